The summed E-state index contributed by atoms with van der Waals surface area (Å²) in [7, 11) is 0. The Balaban J connectivity index is 2.26. The first-order chi connectivity index (χ1) is 10.2. The van der Waals surface area contributed by atoms with Crippen LogP contribution in [0, 0.1) is 0 Å². The van der Waals surface area contributed by atoms with Crippen LogP contribution in [0.2, 0.25) is 0 Å². The summed E-state index contributed by atoms with van der Waals surface area (Å²) in [6, 6.07) is 23.0. The summed E-state index contributed by atoms with van der Waals surface area (Å²) in [4.78, 5) is 0. The molecule has 0 fully saturated rings. The van der Waals surface area contributed by atoms with Crippen molar-refractivity contribution in [2.75, 3.05) is 0 Å². The van der Waals surface area contributed by atoms with Crippen LogP contribution in [0.25, 0.3) is 22.3 Å². The Kier molecular flexibility index (Phi) is 4.63. The monoisotopic (exact) mass is 464 g/mol. The molecule has 3 aromatic carbocycles. The van der Waals surface area contributed by atoms with Crippen LogP contribution in [0.15, 0.2) is 80.1 Å². The zero-order chi connectivity index (χ0) is 14.8. The van der Waals surface area contributed by atoms with Crippen molar-refractivity contribution in [3.63, 3.8) is 0 Å². The summed E-state index contributed by atoms with van der Waals surface area (Å²) in [5.74, 6) is 0. The Morgan fingerprint density at radius 3 is 1.57 bits per heavy atom. The average molecular weight is 467 g/mol. The van der Waals surface area contributed by atoms with Gasteiger partial charge in [-0.1, -0.05) is 70.5 Å². The van der Waals surface area contributed by atoms with E-state index >= 15 is 0 Å². The smallest absolute Gasteiger partial charge is 0.0396 e. The Labute approximate surface area is 149 Å². The third kappa shape index (κ3) is 3.01. The summed E-state index contributed by atoms with van der Waals surface area (Å²) < 4.78 is 3.23. The van der Waals surface area contributed by atoms with Crippen molar-refractivity contribution < 1.29 is 0 Å². The Bertz CT molecular complexity index is 794. The van der Waals surface area contributed by atoms with Gasteiger partial charge in [0.25, 0.3) is 0 Å². The van der Waals surface area contributed by atoms with Crippen LogP contribution in [0.1, 0.15) is 0 Å². The van der Waals surface area contributed by atoms with E-state index in [0.717, 1.165) is 13.4 Å². The fourth-order valence-corrected chi connectivity index (χ4v) is 3.69. The van der Waals surface area contributed by atoms with Crippen molar-refractivity contribution in [2.45, 2.75) is 0 Å². The van der Waals surface area contributed by atoms with Crippen LogP contribution in [-0.4, -0.2) is 0 Å². The third-order valence-electron chi connectivity index (χ3n) is 3.33. The molecular formula is C18H11Br3. The van der Waals surface area contributed by atoms with Gasteiger partial charge in [-0.25, -0.2) is 0 Å². The number of halogens is 3. The summed E-state index contributed by atoms with van der Waals surface area (Å²) >= 11 is 10.9. The number of hydrogen-bond donors (Lipinski definition) is 0. The van der Waals surface area contributed by atoms with Crippen molar-refractivity contribution in [1.29, 1.82) is 0 Å². The van der Waals surface area contributed by atoms with Crippen LogP contribution < -0.4 is 0 Å². The summed E-state index contributed by atoms with van der Waals surface area (Å²) in [5.41, 5.74) is 4.79. The molecule has 0 nitrogen and oxygen atoms in total. The largest absolute Gasteiger partial charge is 0.0616 e. The third-order valence-corrected chi connectivity index (χ3v) is 6.07. The van der Waals surface area contributed by atoms with Gasteiger partial charge < -0.3 is 0 Å². The predicted molar refractivity (Wildman–Crippen MR) is 100 cm³/mol. The predicted octanol–water partition coefficient (Wildman–Crippen LogP) is 7.31. The minimum absolute atomic E-state index is 1.06. The highest BCUT2D eigenvalue weighted by atomic mass is 79.9. The van der Waals surface area contributed by atoms with Crippen molar-refractivity contribution in [1.82, 2.24) is 0 Å². The Morgan fingerprint density at radius 2 is 0.905 bits per heavy atom. The highest BCUT2D eigenvalue weighted by molar-refractivity contribution is 9.13. The summed E-state index contributed by atoms with van der Waals surface area (Å²) in [6.07, 6.45) is 0. The van der Waals surface area contributed by atoms with E-state index in [1.54, 1.807) is 0 Å². The second-order valence-corrected chi connectivity index (χ2v) is 7.13. The lowest BCUT2D eigenvalue weighted by Crippen LogP contribution is -1.87. The molecule has 3 aromatic rings. The van der Waals surface area contributed by atoms with Gasteiger partial charge in [-0.2, -0.15) is 0 Å². The maximum Gasteiger partial charge on any atom is 0.0396 e. The van der Waals surface area contributed by atoms with E-state index in [0.29, 0.717) is 0 Å². The van der Waals surface area contributed by atoms with Crippen LogP contribution in [0.4, 0.5) is 0 Å². The fraction of sp³-hybridized carbons (Fsp3) is 0. The van der Waals surface area contributed by atoms with Gasteiger partial charge in [0, 0.05) is 13.4 Å². The molecule has 0 aliphatic carbocycles. The molecule has 104 valence electrons. The zero-order valence-electron chi connectivity index (χ0n) is 11.0. The van der Waals surface area contributed by atoms with Gasteiger partial charge in [0.2, 0.25) is 0 Å². The average Bonchev–Trinajstić information content (AvgIpc) is 2.51. The first-order valence-electron chi connectivity index (χ1n) is 6.47. The molecule has 0 aliphatic rings. The minimum atomic E-state index is 1.06. The second-order valence-electron chi connectivity index (χ2n) is 4.63. The molecule has 3 heteroatoms. The van der Waals surface area contributed by atoms with E-state index in [1.807, 2.05) is 12.1 Å². The first-order valence-corrected chi connectivity index (χ1v) is 8.84. The maximum absolute atomic E-state index is 3.68. The lowest BCUT2D eigenvalue weighted by Gasteiger charge is -2.13. The molecule has 0 bridgehead atoms. The quantitative estimate of drug-likeness (QED) is 0.371. The van der Waals surface area contributed by atoms with Gasteiger partial charge in [-0.15, -0.1) is 0 Å². The highest BCUT2D eigenvalue weighted by Crippen LogP contribution is 2.40. The molecule has 21 heavy (non-hydrogen) atoms. The summed E-state index contributed by atoms with van der Waals surface area (Å²) in [5, 5.41) is 0. The highest BCUT2D eigenvalue weighted by Gasteiger charge is 2.12. The van der Waals surface area contributed by atoms with Crippen molar-refractivity contribution >= 4 is 47.8 Å². The van der Waals surface area contributed by atoms with Crippen LogP contribution in [-0.2, 0) is 0 Å². The molecule has 0 heterocycles. The van der Waals surface area contributed by atoms with Gasteiger partial charge in [-0.3, -0.25) is 0 Å². The first kappa shape index (κ1) is 15.0. The molecule has 0 unspecified atom stereocenters. The second kappa shape index (κ2) is 6.47. The van der Waals surface area contributed by atoms with Gasteiger partial charge in [0.1, 0.15) is 0 Å². The standard InChI is InChI=1S/C18H11Br3/c19-16-10-4-3-8-14(16)12-6-1-2-7-13(12)15-9-5-11-17(20)18(15)21/h1-11H. The topological polar surface area (TPSA) is 0 Å². The number of rotatable bonds is 2. The lowest BCUT2D eigenvalue weighted by atomic mass is 9.95. The zero-order valence-corrected chi connectivity index (χ0v) is 15.7. The molecular weight excluding hydrogens is 456 g/mol. The molecule has 0 amide bonds. The van der Waals surface area contributed by atoms with E-state index in [-0.39, 0.29) is 0 Å². The molecule has 3 rings (SSSR count). The normalized spacial score (nSPS) is 10.6. The Hall–Kier alpha value is -0.900. The van der Waals surface area contributed by atoms with E-state index in [4.69, 9.17) is 0 Å². The van der Waals surface area contributed by atoms with Crippen LogP contribution >= 0.6 is 47.8 Å². The summed E-state index contributed by atoms with van der Waals surface area (Å²) in [6.45, 7) is 0. The number of hydrogen-bond acceptors (Lipinski definition) is 0. The van der Waals surface area contributed by atoms with Crippen LogP contribution in [0.5, 0.6) is 0 Å². The number of benzene rings is 3. The van der Waals surface area contributed by atoms with E-state index in [2.05, 4.69) is 102 Å². The maximum atomic E-state index is 3.68. The van der Waals surface area contributed by atoms with E-state index < -0.39 is 0 Å². The molecule has 0 atom stereocenters. The van der Waals surface area contributed by atoms with Gasteiger partial charge >= 0.3 is 0 Å². The van der Waals surface area contributed by atoms with Gasteiger partial charge in [0.15, 0.2) is 0 Å². The molecule has 0 aromatic heterocycles. The SMILES string of the molecule is Brc1ccccc1-c1ccccc1-c1cccc(Br)c1Br. The fourth-order valence-electron chi connectivity index (χ4n) is 2.34. The molecule has 0 spiro atoms. The Morgan fingerprint density at radius 1 is 0.429 bits per heavy atom. The van der Waals surface area contributed by atoms with E-state index in [1.165, 1.54) is 22.3 Å². The van der Waals surface area contributed by atoms with Crippen molar-refractivity contribution in [2.24, 2.45) is 0 Å². The van der Waals surface area contributed by atoms with Crippen molar-refractivity contribution in [3.05, 3.63) is 80.1 Å². The molecule has 0 radical (unpaired) electrons. The van der Waals surface area contributed by atoms with Gasteiger partial charge in [0.05, 0.1) is 0 Å². The molecule has 0 aliphatic heterocycles. The molecule has 0 N–H and O–H groups in total. The van der Waals surface area contributed by atoms with Gasteiger partial charge in [-0.05, 0) is 66.2 Å². The van der Waals surface area contributed by atoms with Crippen LogP contribution in [0.3, 0.4) is 0 Å². The lowest BCUT2D eigenvalue weighted by molar-refractivity contribution is 1.52. The molecule has 0 saturated carbocycles. The molecule has 0 saturated heterocycles. The van der Waals surface area contributed by atoms with E-state index in [9.17, 15) is 0 Å². The van der Waals surface area contributed by atoms with Crippen molar-refractivity contribution in [3.8, 4) is 22.3 Å². The minimum Gasteiger partial charge on any atom is -0.0616 e.